The first kappa shape index (κ1) is 14.6. The van der Waals surface area contributed by atoms with Crippen LogP contribution < -0.4 is 10.6 Å². The molecule has 2 rings (SSSR count). The summed E-state index contributed by atoms with van der Waals surface area (Å²) in [6, 6.07) is 6.22. The van der Waals surface area contributed by atoms with Crippen LogP contribution in [0.3, 0.4) is 0 Å². The summed E-state index contributed by atoms with van der Waals surface area (Å²) >= 11 is 6.27. The molecule has 0 aromatic heterocycles. The second-order valence-corrected chi connectivity index (χ2v) is 5.29. The maximum absolute atomic E-state index is 6.27. The SMILES string of the molecule is CN(C)c1ccc([C@H](N)CC2CC2)c(Cl)c1.Cl. The van der Waals surface area contributed by atoms with Crippen molar-refractivity contribution in [2.45, 2.75) is 25.3 Å². The van der Waals surface area contributed by atoms with Crippen LogP contribution in [0.1, 0.15) is 30.9 Å². The van der Waals surface area contributed by atoms with E-state index in [-0.39, 0.29) is 18.4 Å². The van der Waals surface area contributed by atoms with Crippen LogP contribution in [0.15, 0.2) is 18.2 Å². The van der Waals surface area contributed by atoms with Crippen molar-refractivity contribution in [3.05, 3.63) is 28.8 Å². The van der Waals surface area contributed by atoms with E-state index in [2.05, 4.69) is 12.1 Å². The number of nitrogens with two attached hydrogens (primary N) is 1. The fourth-order valence-electron chi connectivity index (χ4n) is 1.93. The van der Waals surface area contributed by atoms with E-state index < -0.39 is 0 Å². The minimum Gasteiger partial charge on any atom is -0.378 e. The van der Waals surface area contributed by atoms with Gasteiger partial charge in [-0.15, -0.1) is 12.4 Å². The van der Waals surface area contributed by atoms with Gasteiger partial charge in [-0.05, 0) is 30.0 Å². The molecule has 0 saturated heterocycles. The number of hydrogen-bond donors (Lipinski definition) is 1. The first-order valence-electron chi connectivity index (χ1n) is 5.80. The van der Waals surface area contributed by atoms with Crippen LogP contribution in [0.4, 0.5) is 5.69 Å². The minimum atomic E-state index is 0. The summed E-state index contributed by atoms with van der Waals surface area (Å²) in [5, 5.41) is 0.791. The van der Waals surface area contributed by atoms with Crippen LogP contribution in [-0.2, 0) is 0 Å². The van der Waals surface area contributed by atoms with Crippen molar-refractivity contribution in [2.24, 2.45) is 11.7 Å². The van der Waals surface area contributed by atoms with Gasteiger partial charge in [-0.3, -0.25) is 0 Å². The van der Waals surface area contributed by atoms with E-state index in [0.717, 1.165) is 28.6 Å². The molecule has 1 aromatic carbocycles. The lowest BCUT2D eigenvalue weighted by atomic mass is 10.0. The molecule has 2 nitrogen and oxygen atoms in total. The van der Waals surface area contributed by atoms with Gasteiger partial charge in [0.2, 0.25) is 0 Å². The van der Waals surface area contributed by atoms with Crippen LogP contribution in [0.5, 0.6) is 0 Å². The molecule has 0 spiro atoms. The summed E-state index contributed by atoms with van der Waals surface area (Å²) in [7, 11) is 4.02. The normalized spacial score (nSPS) is 16.2. The highest BCUT2D eigenvalue weighted by Gasteiger charge is 2.25. The zero-order valence-corrected chi connectivity index (χ0v) is 11.9. The number of benzene rings is 1. The molecule has 0 radical (unpaired) electrons. The Morgan fingerprint density at radius 1 is 1.41 bits per heavy atom. The molecule has 1 aliphatic carbocycles. The molecular weight excluding hydrogens is 255 g/mol. The Kier molecular flexibility index (Phi) is 5.11. The van der Waals surface area contributed by atoms with E-state index in [1.165, 1.54) is 12.8 Å². The van der Waals surface area contributed by atoms with Gasteiger partial charge in [0.15, 0.2) is 0 Å². The minimum absolute atomic E-state index is 0. The summed E-state index contributed by atoms with van der Waals surface area (Å²) in [5.41, 5.74) is 8.37. The molecule has 0 unspecified atom stereocenters. The Bertz CT molecular complexity index is 376. The second kappa shape index (κ2) is 5.94. The average Bonchev–Trinajstić information content (AvgIpc) is 3.01. The Balaban J connectivity index is 0.00000144. The van der Waals surface area contributed by atoms with Gasteiger partial charge in [-0.25, -0.2) is 0 Å². The monoisotopic (exact) mass is 274 g/mol. The van der Waals surface area contributed by atoms with Gasteiger partial charge in [0.1, 0.15) is 0 Å². The van der Waals surface area contributed by atoms with Gasteiger partial charge < -0.3 is 10.6 Å². The van der Waals surface area contributed by atoms with Crippen LogP contribution >= 0.6 is 24.0 Å². The van der Waals surface area contributed by atoms with Gasteiger partial charge >= 0.3 is 0 Å². The number of halogens is 2. The van der Waals surface area contributed by atoms with Crippen molar-refractivity contribution in [3.63, 3.8) is 0 Å². The molecule has 0 bridgehead atoms. The van der Waals surface area contributed by atoms with Gasteiger partial charge in [0.25, 0.3) is 0 Å². The van der Waals surface area contributed by atoms with Crippen molar-refractivity contribution < 1.29 is 0 Å². The maximum atomic E-state index is 6.27. The van der Waals surface area contributed by atoms with Gasteiger partial charge in [0, 0.05) is 30.8 Å². The zero-order chi connectivity index (χ0) is 11.7. The number of anilines is 1. The Morgan fingerprint density at radius 2 is 2.06 bits per heavy atom. The predicted molar refractivity (Wildman–Crippen MR) is 77.3 cm³/mol. The van der Waals surface area contributed by atoms with E-state index in [4.69, 9.17) is 17.3 Å². The number of hydrogen-bond acceptors (Lipinski definition) is 2. The van der Waals surface area contributed by atoms with E-state index in [1.54, 1.807) is 0 Å². The third-order valence-corrected chi connectivity index (χ3v) is 3.51. The Labute approximate surface area is 115 Å². The second-order valence-electron chi connectivity index (χ2n) is 4.89. The highest BCUT2D eigenvalue weighted by atomic mass is 35.5. The summed E-state index contributed by atoms with van der Waals surface area (Å²) in [4.78, 5) is 2.04. The van der Waals surface area contributed by atoms with Crippen LogP contribution in [-0.4, -0.2) is 14.1 Å². The molecular formula is C13H20Cl2N2. The first-order chi connectivity index (χ1) is 7.58. The van der Waals surface area contributed by atoms with E-state index in [9.17, 15) is 0 Å². The van der Waals surface area contributed by atoms with Crippen LogP contribution in [0, 0.1) is 5.92 Å². The fourth-order valence-corrected chi connectivity index (χ4v) is 2.25. The molecule has 1 saturated carbocycles. The molecule has 0 heterocycles. The summed E-state index contributed by atoms with van der Waals surface area (Å²) in [6.45, 7) is 0. The Morgan fingerprint density at radius 3 is 2.53 bits per heavy atom. The quantitative estimate of drug-likeness (QED) is 0.909. The zero-order valence-electron chi connectivity index (χ0n) is 10.3. The van der Waals surface area contributed by atoms with Crippen molar-refractivity contribution in [1.29, 1.82) is 0 Å². The van der Waals surface area contributed by atoms with Crippen molar-refractivity contribution >= 4 is 29.7 Å². The molecule has 96 valence electrons. The van der Waals surface area contributed by atoms with E-state index in [0.29, 0.717) is 0 Å². The molecule has 0 aliphatic heterocycles. The van der Waals surface area contributed by atoms with Crippen molar-refractivity contribution in [3.8, 4) is 0 Å². The maximum Gasteiger partial charge on any atom is 0.0474 e. The lowest BCUT2D eigenvalue weighted by Crippen LogP contribution is -2.13. The largest absolute Gasteiger partial charge is 0.378 e. The van der Waals surface area contributed by atoms with E-state index in [1.807, 2.05) is 25.1 Å². The highest BCUT2D eigenvalue weighted by Crippen LogP contribution is 2.38. The first-order valence-corrected chi connectivity index (χ1v) is 6.18. The fraction of sp³-hybridized carbons (Fsp3) is 0.538. The third-order valence-electron chi connectivity index (χ3n) is 3.18. The molecule has 17 heavy (non-hydrogen) atoms. The van der Waals surface area contributed by atoms with Crippen LogP contribution in [0.2, 0.25) is 5.02 Å². The molecule has 1 aromatic rings. The number of nitrogens with zero attached hydrogens (tertiary/aromatic N) is 1. The van der Waals surface area contributed by atoms with Crippen molar-refractivity contribution in [1.82, 2.24) is 0 Å². The summed E-state index contributed by atoms with van der Waals surface area (Å²) in [5.74, 6) is 0.833. The molecule has 1 fully saturated rings. The third kappa shape index (κ3) is 3.77. The lowest BCUT2D eigenvalue weighted by molar-refractivity contribution is 0.597. The highest BCUT2D eigenvalue weighted by molar-refractivity contribution is 6.31. The van der Waals surface area contributed by atoms with Gasteiger partial charge in [-0.1, -0.05) is 30.5 Å². The van der Waals surface area contributed by atoms with Crippen LogP contribution in [0.25, 0.3) is 0 Å². The van der Waals surface area contributed by atoms with Gasteiger partial charge in [-0.2, -0.15) is 0 Å². The lowest BCUT2D eigenvalue weighted by Gasteiger charge is -2.17. The molecule has 1 atom stereocenters. The smallest absolute Gasteiger partial charge is 0.0474 e. The number of rotatable bonds is 4. The molecule has 4 heteroatoms. The standard InChI is InChI=1S/C13H19ClN2.ClH/c1-16(2)10-5-6-11(12(14)8-10)13(15)7-9-3-4-9;/h5-6,8-9,13H,3-4,7,15H2,1-2H3;1H/t13-;/m1./s1. The van der Waals surface area contributed by atoms with Gasteiger partial charge in [0.05, 0.1) is 0 Å². The predicted octanol–water partition coefficient (Wildman–Crippen LogP) is 3.63. The molecule has 1 aliphatic rings. The topological polar surface area (TPSA) is 29.3 Å². The summed E-state index contributed by atoms with van der Waals surface area (Å²) < 4.78 is 0. The molecule has 0 amide bonds. The summed E-state index contributed by atoms with van der Waals surface area (Å²) in [6.07, 6.45) is 3.74. The van der Waals surface area contributed by atoms with E-state index >= 15 is 0 Å². The Hall–Kier alpha value is -0.440. The van der Waals surface area contributed by atoms with Crippen molar-refractivity contribution in [2.75, 3.05) is 19.0 Å². The molecule has 2 N–H and O–H groups in total. The average molecular weight is 275 g/mol.